The van der Waals surface area contributed by atoms with E-state index in [4.69, 9.17) is 5.14 Å². The van der Waals surface area contributed by atoms with Gasteiger partial charge in [-0.2, -0.15) is 13.2 Å². The lowest BCUT2D eigenvalue weighted by Gasteiger charge is -2.11. The molecule has 0 aliphatic heterocycles. The number of primary sulfonamides is 1. The first kappa shape index (κ1) is 16.9. The maximum absolute atomic E-state index is 12.0. The monoisotopic (exact) mass is 374 g/mol. The molecule has 1 aromatic rings. The van der Waals surface area contributed by atoms with E-state index in [-0.39, 0.29) is 14.9 Å². The molecule has 1 amide bonds. The molecule has 10 heteroatoms. The third-order valence-corrected chi connectivity index (χ3v) is 4.49. The van der Waals surface area contributed by atoms with Crippen molar-refractivity contribution < 1.29 is 26.4 Å². The number of carbonyl (C=O) groups excluding carboxylic acids is 1. The van der Waals surface area contributed by atoms with Crippen LogP contribution in [0.25, 0.3) is 0 Å². The highest BCUT2D eigenvalue weighted by Gasteiger charge is 2.28. The van der Waals surface area contributed by atoms with E-state index in [1.54, 1.807) is 5.32 Å². The van der Waals surface area contributed by atoms with Crippen LogP contribution in [0.3, 0.4) is 0 Å². The summed E-state index contributed by atoms with van der Waals surface area (Å²) in [6, 6.07) is 2.17. The van der Waals surface area contributed by atoms with Gasteiger partial charge in [0.25, 0.3) is 5.91 Å². The third-order valence-electron chi connectivity index (χ3n) is 2.24. The van der Waals surface area contributed by atoms with Crippen molar-refractivity contribution >= 4 is 31.9 Å². The van der Waals surface area contributed by atoms with Crippen LogP contribution in [0.15, 0.2) is 21.5 Å². The van der Waals surface area contributed by atoms with E-state index in [0.29, 0.717) is 5.56 Å². The molecule has 0 aliphatic carbocycles. The molecule has 1 rings (SSSR count). The van der Waals surface area contributed by atoms with Gasteiger partial charge in [0.2, 0.25) is 10.0 Å². The Morgan fingerprint density at radius 3 is 2.40 bits per heavy atom. The van der Waals surface area contributed by atoms with E-state index in [9.17, 15) is 26.4 Å². The van der Waals surface area contributed by atoms with Crippen molar-refractivity contribution in [1.82, 2.24) is 5.32 Å². The van der Waals surface area contributed by atoms with Gasteiger partial charge in [0.05, 0.1) is 4.90 Å². The summed E-state index contributed by atoms with van der Waals surface area (Å²) < 4.78 is 58.8. The van der Waals surface area contributed by atoms with E-state index in [1.807, 2.05) is 0 Å². The molecule has 0 aromatic heterocycles. The number of nitrogens with one attached hydrogen (secondary N) is 1. The van der Waals surface area contributed by atoms with Crippen molar-refractivity contribution in [3.05, 3.63) is 27.7 Å². The zero-order valence-corrected chi connectivity index (χ0v) is 12.5. The minimum absolute atomic E-state index is 0.160. The molecule has 112 valence electrons. The number of aryl methyl sites for hydroxylation is 1. The highest BCUT2D eigenvalue weighted by molar-refractivity contribution is 9.10. The largest absolute Gasteiger partial charge is 0.405 e. The zero-order chi connectivity index (χ0) is 15.7. The Labute approximate surface area is 121 Å². The first-order chi connectivity index (χ1) is 8.92. The minimum atomic E-state index is -4.55. The van der Waals surface area contributed by atoms with Crippen LogP contribution in [0.2, 0.25) is 0 Å². The van der Waals surface area contributed by atoms with Crippen molar-refractivity contribution in [2.75, 3.05) is 6.54 Å². The van der Waals surface area contributed by atoms with E-state index in [2.05, 4.69) is 15.9 Å². The Morgan fingerprint density at radius 2 is 1.95 bits per heavy atom. The van der Waals surface area contributed by atoms with Gasteiger partial charge in [-0.05, 0) is 40.5 Å². The van der Waals surface area contributed by atoms with Crippen molar-refractivity contribution in [2.24, 2.45) is 5.14 Å². The number of alkyl halides is 3. The molecule has 5 nitrogen and oxygen atoms in total. The smallest absolute Gasteiger partial charge is 0.343 e. The van der Waals surface area contributed by atoms with Crippen LogP contribution in [-0.4, -0.2) is 27.0 Å². The number of hydrogen-bond donors (Lipinski definition) is 2. The molecule has 0 saturated heterocycles. The Morgan fingerprint density at radius 1 is 1.40 bits per heavy atom. The Kier molecular flexibility index (Phi) is 4.82. The van der Waals surface area contributed by atoms with Crippen LogP contribution in [0.5, 0.6) is 0 Å². The number of nitrogens with two attached hydrogens (primary N) is 1. The van der Waals surface area contributed by atoms with Gasteiger partial charge < -0.3 is 5.32 Å². The summed E-state index contributed by atoms with van der Waals surface area (Å²) in [7, 11) is -4.10. The number of rotatable bonds is 3. The number of hydrogen-bond acceptors (Lipinski definition) is 3. The summed E-state index contributed by atoms with van der Waals surface area (Å²) in [5.41, 5.74) is 0.132. The van der Waals surface area contributed by atoms with E-state index < -0.39 is 28.7 Å². The fourth-order valence-electron chi connectivity index (χ4n) is 1.36. The number of carbonyl (C=O) groups is 1. The van der Waals surface area contributed by atoms with Gasteiger partial charge >= 0.3 is 6.18 Å². The van der Waals surface area contributed by atoms with E-state index in [0.717, 1.165) is 6.07 Å². The van der Waals surface area contributed by atoms with Crippen LogP contribution in [0.1, 0.15) is 15.9 Å². The van der Waals surface area contributed by atoms with E-state index in [1.165, 1.54) is 13.0 Å². The predicted molar refractivity (Wildman–Crippen MR) is 68.6 cm³/mol. The molecular formula is C10H10BrF3N2O3S. The maximum Gasteiger partial charge on any atom is 0.405 e. The molecule has 0 saturated carbocycles. The van der Waals surface area contributed by atoms with Crippen LogP contribution in [0, 0.1) is 6.92 Å². The molecule has 0 aliphatic rings. The van der Waals surface area contributed by atoms with Gasteiger partial charge in [0.1, 0.15) is 6.54 Å². The molecule has 0 spiro atoms. The molecule has 3 N–H and O–H groups in total. The van der Waals surface area contributed by atoms with Crippen LogP contribution < -0.4 is 10.5 Å². The molecular weight excluding hydrogens is 365 g/mol. The van der Waals surface area contributed by atoms with Gasteiger partial charge in [-0.1, -0.05) is 0 Å². The van der Waals surface area contributed by atoms with Gasteiger partial charge in [-0.15, -0.1) is 0 Å². The second-order valence-corrected chi connectivity index (χ2v) is 6.27. The second kappa shape index (κ2) is 5.70. The van der Waals surface area contributed by atoms with Crippen molar-refractivity contribution in [3.8, 4) is 0 Å². The molecule has 0 fully saturated rings. The molecule has 0 radical (unpaired) electrons. The molecule has 0 heterocycles. The lowest BCUT2D eigenvalue weighted by Crippen LogP contribution is -2.33. The average molecular weight is 375 g/mol. The minimum Gasteiger partial charge on any atom is -0.343 e. The normalized spacial score (nSPS) is 12.3. The molecule has 0 unspecified atom stereocenters. The topological polar surface area (TPSA) is 89.3 Å². The maximum atomic E-state index is 12.0. The fourth-order valence-corrected chi connectivity index (χ4v) is 2.97. The number of sulfonamides is 1. The lowest BCUT2D eigenvalue weighted by molar-refractivity contribution is -0.123. The van der Waals surface area contributed by atoms with Crippen molar-refractivity contribution in [2.45, 2.75) is 18.0 Å². The summed E-state index contributed by atoms with van der Waals surface area (Å²) in [5, 5.41) is 6.62. The van der Waals surface area contributed by atoms with Crippen LogP contribution in [0.4, 0.5) is 13.2 Å². The standard InChI is InChI=1S/C10H10BrF3N2O3S/c1-5-2-6(9(17)16-4-10(12,13)14)3-7(8(5)11)20(15,18)19/h2-3H,4H2,1H3,(H,16,17)(H2,15,18,19). The van der Waals surface area contributed by atoms with Crippen molar-refractivity contribution in [3.63, 3.8) is 0 Å². The molecule has 20 heavy (non-hydrogen) atoms. The number of amides is 1. The second-order valence-electron chi connectivity index (χ2n) is 3.95. The summed E-state index contributed by atoms with van der Waals surface area (Å²) in [4.78, 5) is 11.2. The number of halogens is 4. The highest BCUT2D eigenvalue weighted by atomic mass is 79.9. The first-order valence-corrected chi connectivity index (χ1v) is 7.43. The van der Waals surface area contributed by atoms with Crippen LogP contribution in [-0.2, 0) is 10.0 Å². The lowest BCUT2D eigenvalue weighted by atomic mass is 10.1. The Hall–Kier alpha value is -1.13. The predicted octanol–water partition coefficient (Wildman–Crippen LogP) is 1.70. The van der Waals surface area contributed by atoms with Gasteiger partial charge in [0.15, 0.2) is 0 Å². The third kappa shape index (κ3) is 4.46. The van der Waals surface area contributed by atoms with Gasteiger partial charge in [-0.25, -0.2) is 13.6 Å². The van der Waals surface area contributed by atoms with Gasteiger partial charge in [-0.3, -0.25) is 4.79 Å². The van der Waals surface area contributed by atoms with Crippen LogP contribution >= 0.6 is 15.9 Å². The Bertz CT molecular complexity index is 644. The fraction of sp³-hybridized carbons (Fsp3) is 0.300. The molecule has 0 bridgehead atoms. The van der Waals surface area contributed by atoms with E-state index >= 15 is 0 Å². The molecule has 1 aromatic carbocycles. The summed E-state index contributed by atoms with van der Waals surface area (Å²) in [6.45, 7) is -0.0229. The highest BCUT2D eigenvalue weighted by Crippen LogP contribution is 2.26. The summed E-state index contributed by atoms with van der Waals surface area (Å²) >= 11 is 3.00. The van der Waals surface area contributed by atoms with Crippen molar-refractivity contribution in [1.29, 1.82) is 0 Å². The van der Waals surface area contributed by atoms with Gasteiger partial charge in [0, 0.05) is 10.0 Å². The Balaban J connectivity index is 3.15. The zero-order valence-electron chi connectivity index (χ0n) is 10.1. The summed E-state index contributed by atoms with van der Waals surface area (Å²) in [5.74, 6) is -1.04. The summed E-state index contributed by atoms with van der Waals surface area (Å²) in [6.07, 6.45) is -4.55. The average Bonchev–Trinajstić information content (AvgIpc) is 2.26. The number of benzene rings is 1. The SMILES string of the molecule is Cc1cc(C(=O)NCC(F)(F)F)cc(S(N)(=O)=O)c1Br. The first-order valence-electron chi connectivity index (χ1n) is 5.10. The quantitative estimate of drug-likeness (QED) is 0.843. The molecule has 0 atom stereocenters.